The molecule has 0 saturated carbocycles. The lowest BCUT2D eigenvalue weighted by atomic mass is 10.3. The molecule has 0 aliphatic heterocycles. The summed E-state index contributed by atoms with van der Waals surface area (Å²) in [7, 11) is 1.94. The summed E-state index contributed by atoms with van der Waals surface area (Å²) in [5, 5.41) is 3.03. The fourth-order valence-electron chi connectivity index (χ4n) is 0.533. The van der Waals surface area contributed by atoms with Gasteiger partial charge in [0.25, 0.3) is 0 Å². The molecule has 0 saturated heterocycles. The molecule has 0 aromatic heterocycles. The quantitative estimate of drug-likeness (QED) is 0.436. The van der Waals surface area contributed by atoms with Crippen LogP contribution in [0.4, 0.5) is 0 Å². The van der Waals surface area contributed by atoms with Crippen LogP contribution in [0.1, 0.15) is 12.8 Å². The highest BCUT2D eigenvalue weighted by atomic mass is 14.8. The molecule has 0 radical (unpaired) electrons. The molecule has 0 rings (SSSR count). The molecule has 0 spiro atoms. The van der Waals surface area contributed by atoms with Crippen molar-refractivity contribution >= 4 is 0 Å². The number of rotatable bonds is 5. The second kappa shape index (κ2) is 7.44. The minimum Gasteiger partial charge on any atom is -0.316 e. The first kappa shape index (κ1) is 8.44. The Kier molecular flexibility index (Phi) is 6.98. The Labute approximate surface area is 57.5 Å². The molecule has 0 aliphatic carbocycles. The van der Waals surface area contributed by atoms with Crippen LogP contribution in [0.3, 0.4) is 0 Å². The molecule has 0 amide bonds. The SMILES string of the molecule is C=CCC/C=C\CNC. The third-order valence-electron chi connectivity index (χ3n) is 1.03. The van der Waals surface area contributed by atoms with E-state index in [1.165, 1.54) is 0 Å². The van der Waals surface area contributed by atoms with Crippen molar-refractivity contribution in [1.82, 2.24) is 5.32 Å². The summed E-state index contributed by atoms with van der Waals surface area (Å²) in [6.45, 7) is 4.60. The first-order valence-electron chi connectivity index (χ1n) is 3.32. The van der Waals surface area contributed by atoms with Crippen LogP contribution < -0.4 is 5.32 Å². The first-order chi connectivity index (χ1) is 4.41. The topological polar surface area (TPSA) is 12.0 Å². The number of hydrogen-bond acceptors (Lipinski definition) is 1. The highest BCUT2D eigenvalue weighted by Gasteiger charge is 1.72. The van der Waals surface area contributed by atoms with Crippen LogP contribution in [-0.4, -0.2) is 13.6 Å². The van der Waals surface area contributed by atoms with Gasteiger partial charge in [-0.25, -0.2) is 0 Å². The molecule has 1 heteroatoms. The summed E-state index contributed by atoms with van der Waals surface area (Å²) in [4.78, 5) is 0. The van der Waals surface area contributed by atoms with Crippen molar-refractivity contribution in [3.05, 3.63) is 24.8 Å². The minimum atomic E-state index is 0.969. The Morgan fingerprint density at radius 2 is 2.11 bits per heavy atom. The van der Waals surface area contributed by atoms with Crippen LogP contribution in [0.15, 0.2) is 24.8 Å². The van der Waals surface area contributed by atoms with Gasteiger partial charge in [-0.1, -0.05) is 18.2 Å². The number of unbranched alkanes of at least 4 members (excludes halogenated alkanes) is 1. The maximum Gasteiger partial charge on any atom is 0.0131 e. The van der Waals surface area contributed by atoms with Crippen molar-refractivity contribution in [2.75, 3.05) is 13.6 Å². The fraction of sp³-hybridized carbons (Fsp3) is 0.500. The smallest absolute Gasteiger partial charge is 0.0131 e. The van der Waals surface area contributed by atoms with Crippen molar-refractivity contribution < 1.29 is 0 Å². The van der Waals surface area contributed by atoms with Gasteiger partial charge in [-0.15, -0.1) is 6.58 Å². The summed E-state index contributed by atoms with van der Waals surface area (Å²) < 4.78 is 0. The van der Waals surface area contributed by atoms with Gasteiger partial charge in [0.05, 0.1) is 0 Å². The van der Waals surface area contributed by atoms with Crippen molar-refractivity contribution in [3.8, 4) is 0 Å². The summed E-state index contributed by atoms with van der Waals surface area (Å²) in [6.07, 6.45) is 8.43. The molecule has 0 unspecified atom stereocenters. The van der Waals surface area contributed by atoms with E-state index in [0.29, 0.717) is 0 Å². The molecule has 9 heavy (non-hydrogen) atoms. The van der Waals surface area contributed by atoms with E-state index >= 15 is 0 Å². The second-order valence-corrected chi connectivity index (χ2v) is 1.90. The zero-order chi connectivity index (χ0) is 6.95. The number of allylic oxidation sites excluding steroid dienone is 2. The summed E-state index contributed by atoms with van der Waals surface area (Å²) >= 11 is 0. The lowest BCUT2D eigenvalue weighted by molar-refractivity contribution is 0.911. The molecular formula is C8H15N. The minimum absolute atomic E-state index is 0.969. The average Bonchev–Trinajstić information content (AvgIpc) is 1.89. The Balaban J connectivity index is 2.94. The van der Waals surface area contributed by atoms with E-state index in [1.807, 2.05) is 13.1 Å². The van der Waals surface area contributed by atoms with Gasteiger partial charge < -0.3 is 5.32 Å². The Hall–Kier alpha value is -0.560. The standard InChI is InChI=1S/C8H15N/c1-3-4-5-6-7-8-9-2/h3,6-7,9H,1,4-5,8H2,2H3/b7-6-. The van der Waals surface area contributed by atoms with Crippen molar-refractivity contribution in [2.24, 2.45) is 0 Å². The van der Waals surface area contributed by atoms with Gasteiger partial charge in [0.1, 0.15) is 0 Å². The lowest BCUT2D eigenvalue weighted by Crippen LogP contribution is -2.03. The molecule has 0 bridgehead atoms. The van der Waals surface area contributed by atoms with Crippen molar-refractivity contribution in [1.29, 1.82) is 0 Å². The zero-order valence-electron chi connectivity index (χ0n) is 6.06. The van der Waals surface area contributed by atoms with Gasteiger partial charge in [-0.2, -0.15) is 0 Å². The summed E-state index contributed by atoms with van der Waals surface area (Å²) in [6, 6.07) is 0. The van der Waals surface area contributed by atoms with Crippen LogP contribution in [0, 0.1) is 0 Å². The Bertz CT molecular complexity index is 84.6. The van der Waals surface area contributed by atoms with Crippen LogP contribution >= 0.6 is 0 Å². The molecule has 1 N–H and O–H groups in total. The second-order valence-electron chi connectivity index (χ2n) is 1.90. The summed E-state index contributed by atoms with van der Waals surface area (Å²) in [5.74, 6) is 0. The molecule has 1 nitrogen and oxygen atoms in total. The third kappa shape index (κ3) is 7.44. The first-order valence-corrected chi connectivity index (χ1v) is 3.32. The average molecular weight is 125 g/mol. The van der Waals surface area contributed by atoms with E-state index in [9.17, 15) is 0 Å². The van der Waals surface area contributed by atoms with Crippen LogP contribution in [0.25, 0.3) is 0 Å². The van der Waals surface area contributed by atoms with Crippen LogP contribution in [0.2, 0.25) is 0 Å². The Morgan fingerprint density at radius 3 is 2.67 bits per heavy atom. The predicted molar refractivity (Wildman–Crippen MR) is 42.5 cm³/mol. The molecule has 0 aromatic carbocycles. The molecule has 0 heterocycles. The third-order valence-corrected chi connectivity index (χ3v) is 1.03. The van der Waals surface area contributed by atoms with Gasteiger partial charge in [0.2, 0.25) is 0 Å². The monoisotopic (exact) mass is 125 g/mol. The molecular weight excluding hydrogens is 110 g/mol. The van der Waals surface area contributed by atoms with Gasteiger partial charge in [0, 0.05) is 6.54 Å². The van der Waals surface area contributed by atoms with E-state index in [4.69, 9.17) is 0 Å². The molecule has 0 aromatic rings. The van der Waals surface area contributed by atoms with Crippen LogP contribution in [-0.2, 0) is 0 Å². The number of likely N-dealkylation sites (N-methyl/N-ethyl adjacent to an activating group) is 1. The Morgan fingerprint density at radius 1 is 1.33 bits per heavy atom. The van der Waals surface area contributed by atoms with E-state index in [0.717, 1.165) is 19.4 Å². The van der Waals surface area contributed by atoms with Gasteiger partial charge in [0.15, 0.2) is 0 Å². The maximum atomic E-state index is 3.63. The molecule has 52 valence electrons. The van der Waals surface area contributed by atoms with E-state index in [2.05, 4.69) is 24.0 Å². The van der Waals surface area contributed by atoms with Gasteiger partial charge in [-0.05, 0) is 19.9 Å². The van der Waals surface area contributed by atoms with E-state index in [1.54, 1.807) is 0 Å². The van der Waals surface area contributed by atoms with Crippen LogP contribution in [0.5, 0.6) is 0 Å². The highest BCUT2D eigenvalue weighted by Crippen LogP contribution is 1.89. The van der Waals surface area contributed by atoms with Gasteiger partial charge in [-0.3, -0.25) is 0 Å². The van der Waals surface area contributed by atoms with E-state index < -0.39 is 0 Å². The lowest BCUT2D eigenvalue weighted by Gasteiger charge is -1.86. The van der Waals surface area contributed by atoms with Gasteiger partial charge >= 0.3 is 0 Å². The molecule has 0 aliphatic rings. The normalized spacial score (nSPS) is 10.3. The largest absolute Gasteiger partial charge is 0.316 e. The zero-order valence-corrected chi connectivity index (χ0v) is 6.06. The molecule has 0 fully saturated rings. The maximum absolute atomic E-state index is 3.63. The van der Waals surface area contributed by atoms with Crippen molar-refractivity contribution in [2.45, 2.75) is 12.8 Å². The predicted octanol–water partition coefficient (Wildman–Crippen LogP) is 1.73. The number of nitrogens with one attached hydrogen (secondary N) is 1. The summed E-state index contributed by atoms with van der Waals surface area (Å²) in [5.41, 5.74) is 0. The highest BCUT2D eigenvalue weighted by molar-refractivity contribution is 4.85. The fourth-order valence-corrected chi connectivity index (χ4v) is 0.533. The van der Waals surface area contributed by atoms with E-state index in [-0.39, 0.29) is 0 Å². The number of hydrogen-bond donors (Lipinski definition) is 1. The van der Waals surface area contributed by atoms with Crippen molar-refractivity contribution in [3.63, 3.8) is 0 Å². The molecule has 0 atom stereocenters.